The largest absolute Gasteiger partial charge is 0.377 e. The molecule has 0 spiro atoms. The number of aromatic amines is 1. The molecule has 0 aliphatic heterocycles. The molecular formula is C10H14N2OS. The van der Waals surface area contributed by atoms with Crippen molar-refractivity contribution >= 4 is 12.2 Å². The molecule has 1 aromatic heterocycles. The predicted octanol–water partition coefficient (Wildman–Crippen LogP) is 2.47. The molecule has 0 aromatic carbocycles. The maximum absolute atomic E-state index is 5.44. The Kier molecular flexibility index (Phi) is 2.65. The van der Waals surface area contributed by atoms with Gasteiger partial charge in [0, 0.05) is 18.4 Å². The van der Waals surface area contributed by atoms with E-state index in [0.717, 1.165) is 30.7 Å². The molecule has 0 fully saturated rings. The summed E-state index contributed by atoms with van der Waals surface area (Å²) in [5, 5.41) is 0. The zero-order chi connectivity index (χ0) is 10.1. The van der Waals surface area contributed by atoms with Gasteiger partial charge < -0.3 is 9.72 Å². The second-order valence-electron chi connectivity index (χ2n) is 3.64. The van der Waals surface area contributed by atoms with Gasteiger partial charge in [0.15, 0.2) is 4.77 Å². The molecule has 1 aliphatic rings. The van der Waals surface area contributed by atoms with Gasteiger partial charge in [-0.25, -0.2) is 4.98 Å². The predicted molar refractivity (Wildman–Crippen MR) is 56.8 cm³/mol. The summed E-state index contributed by atoms with van der Waals surface area (Å²) in [6, 6.07) is 0. The van der Waals surface area contributed by atoms with E-state index in [1.54, 1.807) is 7.11 Å². The SMILES string of the molecule is COC1CCCc2nc(=S)[nH]c(C)c21. The van der Waals surface area contributed by atoms with Gasteiger partial charge in [0.2, 0.25) is 0 Å². The summed E-state index contributed by atoms with van der Waals surface area (Å²) in [5.41, 5.74) is 3.43. The minimum Gasteiger partial charge on any atom is -0.377 e. The number of hydrogen-bond donors (Lipinski definition) is 1. The maximum atomic E-state index is 5.44. The molecule has 2 rings (SSSR count). The first kappa shape index (κ1) is 9.80. The van der Waals surface area contributed by atoms with Crippen molar-refractivity contribution in [1.82, 2.24) is 9.97 Å². The number of aromatic nitrogens is 2. The van der Waals surface area contributed by atoms with E-state index in [1.807, 2.05) is 6.92 Å². The van der Waals surface area contributed by atoms with Crippen LogP contribution in [0.3, 0.4) is 0 Å². The van der Waals surface area contributed by atoms with Crippen molar-refractivity contribution in [1.29, 1.82) is 0 Å². The monoisotopic (exact) mass is 210 g/mol. The van der Waals surface area contributed by atoms with Crippen LogP contribution >= 0.6 is 12.2 Å². The Bertz CT molecular complexity index is 400. The van der Waals surface area contributed by atoms with Crippen molar-refractivity contribution in [2.75, 3.05) is 7.11 Å². The molecule has 1 heterocycles. The van der Waals surface area contributed by atoms with Gasteiger partial charge in [0.05, 0.1) is 11.8 Å². The van der Waals surface area contributed by atoms with Crippen LogP contribution in [0.4, 0.5) is 0 Å². The quantitative estimate of drug-likeness (QED) is 0.724. The second-order valence-corrected chi connectivity index (χ2v) is 4.03. The molecule has 0 saturated carbocycles. The van der Waals surface area contributed by atoms with Gasteiger partial charge in [0.1, 0.15) is 0 Å². The highest BCUT2D eigenvalue weighted by Crippen LogP contribution is 2.32. The van der Waals surface area contributed by atoms with Gasteiger partial charge in [-0.2, -0.15) is 0 Å². The number of methoxy groups -OCH3 is 1. The van der Waals surface area contributed by atoms with Crippen molar-refractivity contribution in [3.63, 3.8) is 0 Å². The molecular weight excluding hydrogens is 196 g/mol. The third-order valence-corrected chi connectivity index (χ3v) is 2.93. The lowest BCUT2D eigenvalue weighted by Gasteiger charge is -2.24. The van der Waals surface area contributed by atoms with Gasteiger partial charge in [-0.1, -0.05) is 0 Å². The molecule has 1 atom stereocenters. The lowest BCUT2D eigenvalue weighted by Crippen LogP contribution is -2.16. The molecule has 0 amide bonds. The highest BCUT2D eigenvalue weighted by Gasteiger charge is 2.23. The third kappa shape index (κ3) is 1.60. The van der Waals surface area contributed by atoms with E-state index in [-0.39, 0.29) is 6.10 Å². The number of hydrogen-bond acceptors (Lipinski definition) is 3. The molecule has 1 aliphatic carbocycles. The molecule has 1 aromatic rings. The first-order chi connectivity index (χ1) is 6.72. The Labute approximate surface area is 88.5 Å². The Morgan fingerprint density at radius 3 is 3.07 bits per heavy atom. The minimum absolute atomic E-state index is 0.193. The maximum Gasteiger partial charge on any atom is 0.197 e. The van der Waals surface area contributed by atoms with E-state index >= 15 is 0 Å². The van der Waals surface area contributed by atoms with Crippen LogP contribution in [0.15, 0.2) is 0 Å². The highest BCUT2D eigenvalue weighted by molar-refractivity contribution is 7.71. The van der Waals surface area contributed by atoms with E-state index < -0.39 is 0 Å². The average molecular weight is 210 g/mol. The van der Waals surface area contributed by atoms with E-state index in [4.69, 9.17) is 17.0 Å². The molecule has 1 unspecified atom stereocenters. The van der Waals surface area contributed by atoms with Crippen LogP contribution in [0.2, 0.25) is 0 Å². The fourth-order valence-corrected chi connectivity index (χ4v) is 2.37. The molecule has 76 valence electrons. The second kappa shape index (κ2) is 3.79. The summed E-state index contributed by atoms with van der Waals surface area (Å²) < 4.78 is 6.03. The Hall–Kier alpha value is -0.740. The van der Waals surface area contributed by atoms with E-state index in [9.17, 15) is 0 Å². The number of aryl methyl sites for hydroxylation is 2. The number of H-pyrrole nitrogens is 1. The topological polar surface area (TPSA) is 37.9 Å². The standard InChI is InChI=1S/C10H14N2OS/c1-6-9-7(12-10(14)11-6)4-3-5-8(9)13-2/h8H,3-5H2,1-2H3,(H,11,12,14). The van der Waals surface area contributed by atoms with Crippen molar-refractivity contribution in [2.24, 2.45) is 0 Å². The summed E-state index contributed by atoms with van der Waals surface area (Å²) in [7, 11) is 1.75. The van der Waals surface area contributed by atoms with Crippen molar-refractivity contribution in [2.45, 2.75) is 32.3 Å². The molecule has 3 nitrogen and oxygen atoms in total. The number of fused-ring (bicyclic) bond motifs is 1. The number of rotatable bonds is 1. The number of ether oxygens (including phenoxy) is 1. The van der Waals surface area contributed by atoms with Gasteiger partial charge in [-0.15, -0.1) is 0 Å². The smallest absolute Gasteiger partial charge is 0.197 e. The van der Waals surface area contributed by atoms with Gasteiger partial charge in [-0.05, 0) is 38.4 Å². The van der Waals surface area contributed by atoms with Gasteiger partial charge >= 0.3 is 0 Å². The first-order valence-corrected chi connectivity index (χ1v) is 5.25. The fourth-order valence-electron chi connectivity index (χ4n) is 2.11. The average Bonchev–Trinajstić information content (AvgIpc) is 2.16. The van der Waals surface area contributed by atoms with Crippen molar-refractivity contribution < 1.29 is 4.74 Å². The summed E-state index contributed by atoms with van der Waals surface area (Å²) >= 11 is 5.05. The molecule has 0 radical (unpaired) electrons. The molecule has 14 heavy (non-hydrogen) atoms. The normalized spacial score (nSPS) is 20.6. The van der Waals surface area contributed by atoms with Crippen LogP contribution in [-0.4, -0.2) is 17.1 Å². The van der Waals surface area contributed by atoms with Crippen LogP contribution in [0.5, 0.6) is 0 Å². The number of nitrogens with one attached hydrogen (secondary N) is 1. The third-order valence-electron chi connectivity index (χ3n) is 2.73. The Balaban J connectivity index is 2.56. The first-order valence-electron chi connectivity index (χ1n) is 4.85. The van der Waals surface area contributed by atoms with Crippen LogP contribution in [-0.2, 0) is 11.2 Å². The molecule has 0 bridgehead atoms. The van der Waals surface area contributed by atoms with Gasteiger partial charge in [0.25, 0.3) is 0 Å². The molecule has 0 saturated heterocycles. The highest BCUT2D eigenvalue weighted by atomic mass is 32.1. The lowest BCUT2D eigenvalue weighted by molar-refractivity contribution is 0.0863. The van der Waals surface area contributed by atoms with Crippen LogP contribution in [0.1, 0.15) is 35.9 Å². The zero-order valence-electron chi connectivity index (χ0n) is 8.46. The lowest BCUT2D eigenvalue weighted by atomic mass is 9.92. The van der Waals surface area contributed by atoms with E-state index in [0.29, 0.717) is 4.77 Å². The van der Waals surface area contributed by atoms with Crippen molar-refractivity contribution in [3.8, 4) is 0 Å². The van der Waals surface area contributed by atoms with Crippen molar-refractivity contribution in [3.05, 3.63) is 21.7 Å². The summed E-state index contributed by atoms with van der Waals surface area (Å²) in [4.78, 5) is 7.44. The van der Waals surface area contributed by atoms with Gasteiger partial charge in [-0.3, -0.25) is 0 Å². The number of nitrogens with zero attached hydrogens (tertiary/aromatic N) is 1. The summed E-state index contributed by atoms with van der Waals surface area (Å²) in [5.74, 6) is 0. The fraction of sp³-hybridized carbons (Fsp3) is 0.600. The van der Waals surface area contributed by atoms with Crippen LogP contribution in [0, 0.1) is 11.7 Å². The Morgan fingerprint density at radius 2 is 2.36 bits per heavy atom. The van der Waals surface area contributed by atoms with Crippen LogP contribution in [0.25, 0.3) is 0 Å². The summed E-state index contributed by atoms with van der Waals surface area (Å²) in [6.07, 6.45) is 3.43. The van der Waals surface area contributed by atoms with E-state index in [1.165, 1.54) is 5.56 Å². The van der Waals surface area contributed by atoms with Crippen LogP contribution < -0.4 is 0 Å². The zero-order valence-corrected chi connectivity index (χ0v) is 9.28. The summed E-state index contributed by atoms with van der Waals surface area (Å²) in [6.45, 7) is 2.04. The minimum atomic E-state index is 0.193. The Morgan fingerprint density at radius 1 is 1.57 bits per heavy atom. The molecule has 1 N–H and O–H groups in total. The molecule has 4 heteroatoms. The van der Waals surface area contributed by atoms with E-state index in [2.05, 4.69) is 9.97 Å².